The van der Waals surface area contributed by atoms with Gasteiger partial charge in [-0.25, -0.2) is 9.78 Å². The maximum Gasteiger partial charge on any atom is 0.422 e. The molecule has 1 unspecified atom stereocenters. The summed E-state index contributed by atoms with van der Waals surface area (Å²) in [5.41, 5.74) is -3.79. The van der Waals surface area contributed by atoms with E-state index in [1.807, 2.05) is 0 Å². The van der Waals surface area contributed by atoms with Crippen molar-refractivity contribution in [3.63, 3.8) is 0 Å². The molecule has 0 aliphatic carbocycles. The number of aliphatic carboxylic acids is 1. The predicted molar refractivity (Wildman–Crippen MR) is 54.7 cm³/mol. The van der Waals surface area contributed by atoms with Gasteiger partial charge in [0, 0.05) is 6.20 Å². The molecule has 0 amide bonds. The standard InChI is InChI=1S/C10H8F3N3O2/c1-9(8(17)18,10(11,12)13)16-6-3-2-4-15-7(6)5-14/h2-4,16H,1H3,(H,17,18). The average Bonchev–Trinajstić information content (AvgIpc) is 2.27. The van der Waals surface area contributed by atoms with Crippen molar-refractivity contribution in [2.24, 2.45) is 0 Å². The third-order valence-electron chi connectivity index (χ3n) is 2.29. The van der Waals surface area contributed by atoms with Crippen LogP contribution in [0.1, 0.15) is 12.6 Å². The van der Waals surface area contributed by atoms with E-state index in [2.05, 4.69) is 4.98 Å². The second-order valence-corrected chi connectivity index (χ2v) is 3.56. The number of carbonyl (C=O) groups is 1. The van der Waals surface area contributed by atoms with Crippen LogP contribution in [0.3, 0.4) is 0 Å². The lowest BCUT2D eigenvalue weighted by atomic mass is 10.0. The van der Waals surface area contributed by atoms with E-state index in [-0.39, 0.29) is 11.4 Å². The van der Waals surface area contributed by atoms with Gasteiger partial charge < -0.3 is 10.4 Å². The average molecular weight is 259 g/mol. The fourth-order valence-electron chi connectivity index (χ4n) is 1.11. The smallest absolute Gasteiger partial charge is 0.422 e. The Balaban J connectivity index is 3.22. The van der Waals surface area contributed by atoms with Gasteiger partial charge in [-0.15, -0.1) is 0 Å². The SMILES string of the molecule is CC(Nc1cccnc1C#N)(C(=O)O)C(F)(F)F. The second kappa shape index (κ2) is 4.52. The molecule has 1 atom stereocenters. The van der Waals surface area contributed by atoms with E-state index in [1.54, 1.807) is 11.4 Å². The van der Waals surface area contributed by atoms with Crippen LogP contribution in [0.4, 0.5) is 18.9 Å². The van der Waals surface area contributed by atoms with Crippen LogP contribution in [-0.4, -0.2) is 27.8 Å². The summed E-state index contributed by atoms with van der Waals surface area (Å²) < 4.78 is 38.2. The van der Waals surface area contributed by atoms with E-state index < -0.39 is 17.7 Å². The van der Waals surface area contributed by atoms with E-state index in [9.17, 15) is 18.0 Å². The fraction of sp³-hybridized carbons (Fsp3) is 0.300. The number of pyridine rings is 1. The highest BCUT2D eigenvalue weighted by molar-refractivity contribution is 5.84. The van der Waals surface area contributed by atoms with E-state index >= 15 is 0 Å². The first-order valence-corrected chi connectivity index (χ1v) is 4.66. The Labute approximate surface area is 99.9 Å². The first kappa shape index (κ1) is 13.8. The van der Waals surface area contributed by atoms with Crippen molar-refractivity contribution in [3.8, 4) is 6.07 Å². The Morgan fingerprint density at radius 2 is 2.17 bits per heavy atom. The third kappa shape index (κ3) is 2.34. The van der Waals surface area contributed by atoms with Gasteiger partial charge in [0.15, 0.2) is 5.69 Å². The maximum atomic E-state index is 12.7. The van der Waals surface area contributed by atoms with Crippen LogP contribution in [0.5, 0.6) is 0 Å². The predicted octanol–water partition coefficient (Wildman–Crippen LogP) is 1.77. The molecule has 0 spiro atoms. The zero-order chi connectivity index (χ0) is 14.0. The zero-order valence-corrected chi connectivity index (χ0v) is 9.12. The number of anilines is 1. The van der Waals surface area contributed by atoms with Crippen LogP contribution in [-0.2, 0) is 4.79 Å². The van der Waals surface area contributed by atoms with Crippen LogP contribution in [0, 0.1) is 11.3 Å². The van der Waals surface area contributed by atoms with Gasteiger partial charge in [0.1, 0.15) is 6.07 Å². The summed E-state index contributed by atoms with van der Waals surface area (Å²) >= 11 is 0. The van der Waals surface area contributed by atoms with Crippen LogP contribution >= 0.6 is 0 Å². The quantitative estimate of drug-likeness (QED) is 0.863. The summed E-state index contributed by atoms with van der Waals surface area (Å²) in [7, 11) is 0. The molecule has 8 heteroatoms. The Morgan fingerprint density at radius 1 is 1.56 bits per heavy atom. The van der Waals surface area contributed by atoms with Gasteiger partial charge in [0.05, 0.1) is 5.69 Å². The molecule has 1 rings (SSSR count). The van der Waals surface area contributed by atoms with Gasteiger partial charge in [0.25, 0.3) is 0 Å². The highest BCUT2D eigenvalue weighted by Gasteiger charge is 2.57. The van der Waals surface area contributed by atoms with Crippen molar-refractivity contribution in [3.05, 3.63) is 24.0 Å². The summed E-state index contributed by atoms with van der Waals surface area (Å²) in [6.45, 7) is 0.476. The Kier molecular flexibility index (Phi) is 3.46. The van der Waals surface area contributed by atoms with E-state index in [0.29, 0.717) is 6.92 Å². The van der Waals surface area contributed by atoms with Crippen LogP contribution in [0.15, 0.2) is 18.3 Å². The third-order valence-corrected chi connectivity index (χ3v) is 2.29. The lowest BCUT2D eigenvalue weighted by molar-refractivity contribution is -0.192. The van der Waals surface area contributed by atoms with E-state index in [1.165, 1.54) is 12.3 Å². The lowest BCUT2D eigenvalue weighted by Gasteiger charge is -2.29. The fourth-order valence-corrected chi connectivity index (χ4v) is 1.11. The van der Waals surface area contributed by atoms with E-state index in [0.717, 1.165) is 6.07 Å². The molecule has 0 bridgehead atoms. The van der Waals surface area contributed by atoms with Gasteiger partial charge in [-0.05, 0) is 19.1 Å². The topological polar surface area (TPSA) is 86.0 Å². The first-order chi connectivity index (χ1) is 8.22. The molecule has 2 N–H and O–H groups in total. The number of rotatable bonds is 3. The monoisotopic (exact) mass is 259 g/mol. The number of hydrogen-bond acceptors (Lipinski definition) is 4. The van der Waals surface area contributed by atoms with Crippen LogP contribution < -0.4 is 5.32 Å². The molecule has 0 aromatic carbocycles. The number of carboxylic acid groups (broad SMARTS) is 1. The van der Waals surface area contributed by atoms with Gasteiger partial charge in [0.2, 0.25) is 5.54 Å². The molecular weight excluding hydrogens is 251 g/mol. The molecule has 0 saturated heterocycles. The Bertz CT molecular complexity index is 510. The molecule has 1 heterocycles. The molecule has 0 aliphatic rings. The number of nitriles is 1. The molecule has 0 aliphatic heterocycles. The van der Waals surface area contributed by atoms with Crippen molar-refractivity contribution in [2.45, 2.75) is 18.6 Å². The molecule has 1 aromatic rings. The summed E-state index contributed by atoms with van der Waals surface area (Å²) in [6, 6.07) is 4.02. The number of nitrogens with zero attached hydrogens (tertiary/aromatic N) is 2. The zero-order valence-electron chi connectivity index (χ0n) is 9.12. The van der Waals surface area contributed by atoms with Gasteiger partial charge >= 0.3 is 12.1 Å². The largest absolute Gasteiger partial charge is 0.479 e. The molecular formula is C10H8F3N3O2. The molecule has 0 fully saturated rings. The second-order valence-electron chi connectivity index (χ2n) is 3.56. The van der Waals surface area contributed by atoms with Crippen molar-refractivity contribution in [1.82, 2.24) is 4.98 Å². The molecule has 5 nitrogen and oxygen atoms in total. The minimum atomic E-state index is -5.03. The van der Waals surface area contributed by atoms with E-state index in [4.69, 9.17) is 10.4 Å². The first-order valence-electron chi connectivity index (χ1n) is 4.66. The van der Waals surface area contributed by atoms with Gasteiger partial charge in [-0.1, -0.05) is 0 Å². The number of carboxylic acids is 1. The van der Waals surface area contributed by atoms with Crippen LogP contribution in [0.2, 0.25) is 0 Å². The number of hydrogen-bond donors (Lipinski definition) is 2. The minimum Gasteiger partial charge on any atom is -0.479 e. The number of nitrogens with one attached hydrogen (secondary N) is 1. The summed E-state index contributed by atoms with van der Waals surface area (Å²) in [6.07, 6.45) is -3.81. The number of alkyl halides is 3. The molecule has 1 aromatic heterocycles. The molecule has 18 heavy (non-hydrogen) atoms. The van der Waals surface area contributed by atoms with Gasteiger partial charge in [-0.3, -0.25) is 0 Å². The minimum absolute atomic E-state index is 0.290. The Hall–Kier alpha value is -2.30. The normalized spacial score (nSPS) is 14.4. The number of halogens is 3. The molecule has 0 saturated carbocycles. The highest BCUT2D eigenvalue weighted by Crippen LogP contribution is 2.34. The van der Waals surface area contributed by atoms with Crippen molar-refractivity contribution >= 4 is 11.7 Å². The number of aromatic nitrogens is 1. The highest BCUT2D eigenvalue weighted by atomic mass is 19.4. The molecule has 0 radical (unpaired) electrons. The summed E-state index contributed by atoms with van der Waals surface area (Å²) in [5.74, 6) is -2.09. The summed E-state index contributed by atoms with van der Waals surface area (Å²) in [4.78, 5) is 14.3. The molecule has 96 valence electrons. The lowest BCUT2D eigenvalue weighted by Crippen LogP contribution is -2.55. The van der Waals surface area contributed by atoms with Crippen molar-refractivity contribution in [1.29, 1.82) is 5.26 Å². The van der Waals surface area contributed by atoms with Crippen molar-refractivity contribution < 1.29 is 23.1 Å². The Morgan fingerprint density at radius 3 is 2.61 bits per heavy atom. The van der Waals surface area contributed by atoms with Crippen LogP contribution in [0.25, 0.3) is 0 Å². The van der Waals surface area contributed by atoms with Gasteiger partial charge in [-0.2, -0.15) is 18.4 Å². The summed E-state index contributed by atoms with van der Waals surface area (Å²) in [5, 5.41) is 19.2. The van der Waals surface area contributed by atoms with Crippen molar-refractivity contribution in [2.75, 3.05) is 5.32 Å². The maximum absolute atomic E-state index is 12.7.